The largest absolute Gasteiger partial charge is 0.493 e. The highest BCUT2D eigenvalue weighted by molar-refractivity contribution is 7.05. The van der Waals surface area contributed by atoms with E-state index >= 15 is 0 Å². The molecule has 0 saturated heterocycles. The van der Waals surface area contributed by atoms with Crippen molar-refractivity contribution in [3.05, 3.63) is 59.1 Å². The van der Waals surface area contributed by atoms with Gasteiger partial charge < -0.3 is 9.15 Å². The Morgan fingerprint density at radius 1 is 0.923 bits per heavy atom. The standard InChI is InChI=1S/C22H23NO2S/c1-16-14-18(26-23-16)8-4-2-3-7-13-24-17-11-12-20-19-9-5-6-10-21(19)25-22(20)15-17/h5-6,9-12,14-15H,2-4,7-8,13H2,1H3. The molecule has 4 heteroatoms. The van der Waals surface area contributed by atoms with Crippen molar-refractivity contribution in [2.45, 2.75) is 39.0 Å². The fourth-order valence-electron chi connectivity index (χ4n) is 3.28. The summed E-state index contributed by atoms with van der Waals surface area (Å²) in [5.41, 5.74) is 2.96. The van der Waals surface area contributed by atoms with Crippen LogP contribution in [0.4, 0.5) is 0 Å². The summed E-state index contributed by atoms with van der Waals surface area (Å²) in [5, 5.41) is 2.30. The van der Waals surface area contributed by atoms with Crippen molar-refractivity contribution >= 4 is 33.5 Å². The normalized spacial score (nSPS) is 11.4. The van der Waals surface area contributed by atoms with E-state index < -0.39 is 0 Å². The van der Waals surface area contributed by atoms with Crippen LogP contribution in [0.15, 0.2) is 52.9 Å². The zero-order valence-electron chi connectivity index (χ0n) is 15.0. The third-order valence-electron chi connectivity index (χ3n) is 4.61. The lowest BCUT2D eigenvalue weighted by molar-refractivity contribution is 0.305. The van der Waals surface area contributed by atoms with Gasteiger partial charge >= 0.3 is 0 Å². The summed E-state index contributed by atoms with van der Waals surface area (Å²) in [6, 6.07) is 16.5. The highest BCUT2D eigenvalue weighted by Gasteiger charge is 2.07. The van der Waals surface area contributed by atoms with Crippen LogP contribution in [0.25, 0.3) is 21.9 Å². The van der Waals surface area contributed by atoms with E-state index in [9.17, 15) is 0 Å². The lowest BCUT2D eigenvalue weighted by Gasteiger charge is -2.06. The summed E-state index contributed by atoms with van der Waals surface area (Å²) >= 11 is 1.63. The van der Waals surface area contributed by atoms with Gasteiger partial charge in [-0.15, -0.1) is 0 Å². The second kappa shape index (κ2) is 7.92. The van der Waals surface area contributed by atoms with Crippen LogP contribution in [0.1, 0.15) is 36.3 Å². The van der Waals surface area contributed by atoms with E-state index in [0.29, 0.717) is 0 Å². The first kappa shape index (κ1) is 17.1. The van der Waals surface area contributed by atoms with Crippen LogP contribution < -0.4 is 4.74 Å². The number of para-hydroxylation sites is 1. The van der Waals surface area contributed by atoms with Crippen LogP contribution in [-0.4, -0.2) is 11.0 Å². The highest BCUT2D eigenvalue weighted by atomic mass is 32.1. The average molecular weight is 365 g/mol. The molecule has 0 aliphatic heterocycles. The third kappa shape index (κ3) is 3.91. The Bertz CT molecular complexity index is 1000. The summed E-state index contributed by atoms with van der Waals surface area (Å²) in [7, 11) is 0. The number of hydrogen-bond acceptors (Lipinski definition) is 4. The van der Waals surface area contributed by atoms with Crippen molar-refractivity contribution in [3.63, 3.8) is 0 Å². The number of rotatable bonds is 8. The van der Waals surface area contributed by atoms with Crippen LogP contribution in [-0.2, 0) is 6.42 Å². The molecule has 0 radical (unpaired) electrons. The van der Waals surface area contributed by atoms with Gasteiger partial charge in [-0.3, -0.25) is 0 Å². The van der Waals surface area contributed by atoms with E-state index in [1.54, 1.807) is 11.5 Å². The minimum absolute atomic E-state index is 0.755. The van der Waals surface area contributed by atoms with Crippen molar-refractivity contribution in [2.24, 2.45) is 0 Å². The molecule has 26 heavy (non-hydrogen) atoms. The van der Waals surface area contributed by atoms with Crippen LogP contribution in [0.2, 0.25) is 0 Å². The van der Waals surface area contributed by atoms with Crippen LogP contribution in [0.3, 0.4) is 0 Å². The lowest BCUT2D eigenvalue weighted by atomic mass is 10.1. The predicted molar refractivity (Wildman–Crippen MR) is 108 cm³/mol. The monoisotopic (exact) mass is 365 g/mol. The number of aromatic nitrogens is 1. The maximum Gasteiger partial charge on any atom is 0.139 e. The third-order valence-corrected chi connectivity index (χ3v) is 5.55. The highest BCUT2D eigenvalue weighted by Crippen LogP contribution is 2.31. The van der Waals surface area contributed by atoms with Crippen molar-refractivity contribution in [2.75, 3.05) is 6.61 Å². The van der Waals surface area contributed by atoms with E-state index in [0.717, 1.165) is 52.8 Å². The molecule has 0 spiro atoms. The Balaban J connectivity index is 1.22. The molecular formula is C22H23NO2S. The first-order valence-electron chi connectivity index (χ1n) is 9.26. The second-order valence-corrected chi connectivity index (χ2v) is 7.59. The number of hydrogen-bond donors (Lipinski definition) is 0. The molecule has 2 aromatic carbocycles. The van der Waals surface area contributed by atoms with Gasteiger partial charge in [0.05, 0.1) is 12.3 Å². The molecule has 0 unspecified atom stereocenters. The van der Waals surface area contributed by atoms with Gasteiger partial charge in [-0.2, -0.15) is 4.37 Å². The summed E-state index contributed by atoms with van der Waals surface area (Å²) in [6.07, 6.45) is 5.90. The minimum Gasteiger partial charge on any atom is -0.493 e. The average Bonchev–Trinajstić information content (AvgIpc) is 3.23. The number of nitrogens with zero attached hydrogens (tertiary/aromatic N) is 1. The zero-order chi connectivity index (χ0) is 17.8. The molecule has 0 bridgehead atoms. The number of fused-ring (bicyclic) bond motifs is 3. The Morgan fingerprint density at radius 2 is 1.77 bits per heavy atom. The van der Waals surface area contributed by atoms with E-state index in [-0.39, 0.29) is 0 Å². The van der Waals surface area contributed by atoms with Gasteiger partial charge in [0.15, 0.2) is 0 Å². The maximum atomic E-state index is 5.91. The van der Waals surface area contributed by atoms with Gasteiger partial charge in [-0.1, -0.05) is 31.0 Å². The maximum absolute atomic E-state index is 5.91. The van der Waals surface area contributed by atoms with Gasteiger partial charge in [0, 0.05) is 21.7 Å². The van der Waals surface area contributed by atoms with Gasteiger partial charge in [0.2, 0.25) is 0 Å². The van der Waals surface area contributed by atoms with Crippen LogP contribution in [0, 0.1) is 6.92 Å². The fraction of sp³-hybridized carbons (Fsp3) is 0.318. The van der Waals surface area contributed by atoms with Gasteiger partial charge in [0.25, 0.3) is 0 Å². The predicted octanol–water partition coefficient (Wildman–Crippen LogP) is 6.53. The van der Waals surface area contributed by atoms with Crippen molar-refractivity contribution in [1.29, 1.82) is 0 Å². The van der Waals surface area contributed by atoms with E-state index in [4.69, 9.17) is 9.15 Å². The number of unbranched alkanes of at least 4 members (excludes halogenated alkanes) is 3. The molecule has 2 heterocycles. The quantitative estimate of drug-likeness (QED) is 0.333. The molecule has 0 amide bonds. The van der Waals surface area contributed by atoms with Crippen molar-refractivity contribution in [1.82, 2.24) is 4.37 Å². The Morgan fingerprint density at radius 3 is 2.65 bits per heavy atom. The van der Waals surface area contributed by atoms with E-state index in [2.05, 4.69) is 29.5 Å². The van der Waals surface area contributed by atoms with Crippen LogP contribution in [0.5, 0.6) is 5.75 Å². The minimum atomic E-state index is 0.755. The first-order valence-corrected chi connectivity index (χ1v) is 10.0. The molecule has 0 aliphatic carbocycles. The van der Waals surface area contributed by atoms with Crippen molar-refractivity contribution in [3.8, 4) is 5.75 Å². The van der Waals surface area contributed by atoms with E-state index in [1.807, 2.05) is 30.3 Å². The summed E-state index contributed by atoms with van der Waals surface area (Å²) in [6.45, 7) is 2.81. The van der Waals surface area contributed by atoms with E-state index in [1.165, 1.54) is 24.1 Å². The number of ether oxygens (including phenoxy) is 1. The molecule has 0 N–H and O–H groups in total. The molecule has 0 atom stereocenters. The fourth-order valence-corrected chi connectivity index (χ4v) is 4.05. The first-order chi connectivity index (χ1) is 12.8. The Hall–Kier alpha value is -2.33. The number of benzene rings is 2. The summed E-state index contributed by atoms with van der Waals surface area (Å²) in [5.74, 6) is 0.886. The topological polar surface area (TPSA) is 35.3 Å². The summed E-state index contributed by atoms with van der Waals surface area (Å²) in [4.78, 5) is 1.40. The SMILES string of the molecule is Cc1cc(CCCCCCOc2ccc3c(c2)oc2ccccc23)sn1. The molecule has 4 rings (SSSR count). The summed E-state index contributed by atoms with van der Waals surface area (Å²) < 4.78 is 16.2. The van der Waals surface area contributed by atoms with Gasteiger partial charge in [-0.05, 0) is 62.0 Å². The number of aryl methyl sites for hydroxylation is 2. The lowest BCUT2D eigenvalue weighted by Crippen LogP contribution is -1.97. The smallest absolute Gasteiger partial charge is 0.139 e. The van der Waals surface area contributed by atoms with Gasteiger partial charge in [0.1, 0.15) is 16.9 Å². The van der Waals surface area contributed by atoms with Gasteiger partial charge in [-0.25, -0.2) is 0 Å². The molecular weight excluding hydrogens is 342 g/mol. The Labute approximate surface area is 157 Å². The molecule has 0 fully saturated rings. The van der Waals surface area contributed by atoms with Crippen molar-refractivity contribution < 1.29 is 9.15 Å². The molecule has 2 aromatic heterocycles. The van der Waals surface area contributed by atoms with Crippen LogP contribution >= 0.6 is 11.5 Å². The molecule has 3 nitrogen and oxygen atoms in total. The molecule has 134 valence electrons. The number of furan rings is 1. The zero-order valence-corrected chi connectivity index (χ0v) is 15.8. The molecule has 0 saturated carbocycles. The molecule has 4 aromatic rings. The Kier molecular flexibility index (Phi) is 5.21. The second-order valence-electron chi connectivity index (χ2n) is 6.70. The molecule has 0 aliphatic rings.